The molecule has 0 aromatic heterocycles. The molecule has 0 aliphatic carbocycles. The standard InChI is InChI=1S/C14H21IN2/c1-3-14(4-2)7-8-17(10-14)13-6-5-11(16)9-12(13)15/h5-6,9H,3-4,7-8,10,16H2,1-2H3. The van der Waals surface area contributed by atoms with Gasteiger partial charge in [0.05, 0.1) is 5.69 Å². The normalized spacial score (nSPS) is 18.6. The van der Waals surface area contributed by atoms with Gasteiger partial charge in [0.1, 0.15) is 0 Å². The summed E-state index contributed by atoms with van der Waals surface area (Å²) in [7, 11) is 0. The first-order chi connectivity index (χ1) is 8.10. The number of nitrogens with two attached hydrogens (primary N) is 1. The van der Waals surface area contributed by atoms with E-state index in [2.05, 4.69) is 53.5 Å². The number of rotatable bonds is 3. The van der Waals surface area contributed by atoms with Gasteiger partial charge in [-0.05, 0) is 65.5 Å². The number of nitrogens with zero attached hydrogens (tertiary/aromatic N) is 1. The van der Waals surface area contributed by atoms with Crippen molar-refractivity contribution in [2.24, 2.45) is 5.41 Å². The number of nitrogen functional groups attached to an aromatic ring is 1. The Bertz CT molecular complexity index is 399. The molecular formula is C14H21IN2. The van der Waals surface area contributed by atoms with E-state index in [0.717, 1.165) is 5.69 Å². The molecule has 1 aromatic carbocycles. The van der Waals surface area contributed by atoms with E-state index in [9.17, 15) is 0 Å². The monoisotopic (exact) mass is 344 g/mol. The smallest absolute Gasteiger partial charge is 0.0503 e. The zero-order valence-corrected chi connectivity index (χ0v) is 12.8. The lowest BCUT2D eigenvalue weighted by Gasteiger charge is -2.27. The minimum Gasteiger partial charge on any atom is -0.399 e. The largest absolute Gasteiger partial charge is 0.399 e. The average Bonchev–Trinajstić information content (AvgIpc) is 2.74. The molecule has 2 N–H and O–H groups in total. The Kier molecular flexibility index (Phi) is 3.85. The van der Waals surface area contributed by atoms with Crippen LogP contribution in [0.15, 0.2) is 18.2 Å². The molecule has 1 fully saturated rings. The van der Waals surface area contributed by atoms with E-state index in [1.807, 2.05) is 6.07 Å². The number of anilines is 2. The van der Waals surface area contributed by atoms with Crippen LogP contribution in [0.4, 0.5) is 11.4 Å². The van der Waals surface area contributed by atoms with Gasteiger partial charge in [0.25, 0.3) is 0 Å². The van der Waals surface area contributed by atoms with Gasteiger partial charge < -0.3 is 10.6 Å². The summed E-state index contributed by atoms with van der Waals surface area (Å²) < 4.78 is 1.27. The summed E-state index contributed by atoms with van der Waals surface area (Å²) in [6, 6.07) is 6.24. The fraction of sp³-hybridized carbons (Fsp3) is 0.571. The van der Waals surface area contributed by atoms with Gasteiger partial charge in [-0.25, -0.2) is 0 Å². The van der Waals surface area contributed by atoms with E-state index in [-0.39, 0.29) is 0 Å². The maximum absolute atomic E-state index is 5.81. The van der Waals surface area contributed by atoms with E-state index in [0.29, 0.717) is 5.41 Å². The minimum absolute atomic E-state index is 0.532. The molecule has 1 heterocycles. The Morgan fingerprint density at radius 2 is 2.06 bits per heavy atom. The molecule has 1 saturated heterocycles. The van der Waals surface area contributed by atoms with Crippen molar-refractivity contribution in [3.05, 3.63) is 21.8 Å². The second-order valence-electron chi connectivity index (χ2n) is 5.09. The second kappa shape index (κ2) is 5.04. The summed E-state index contributed by atoms with van der Waals surface area (Å²) in [6.07, 6.45) is 3.89. The number of hydrogen-bond donors (Lipinski definition) is 1. The van der Waals surface area contributed by atoms with Crippen LogP contribution in [0, 0.1) is 8.99 Å². The van der Waals surface area contributed by atoms with Crippen LogP contribution in [0.3, 0.4) is 0 Å². The third-order valence-corrected chi connectivity index (χ3v) is 5.11. The van der Waals surface area contributed by atoms with Gasteiger partial charge in [-0.15, -0.1) is 0 Å². The van der Waals surface area contributed by atoms with E-state index in [4.69, 9.17) is 5.73 Å². The third-order valence-electron chi connectivity index (χ3n) is 4.25. The maximum atomic E-state index is 5.81. The Hall–Kier alpha value is -0.450. The molecule has 17 heavy (non-hydrogen) atoms. The van der Waals surface area contributed by atoms with Gasteiger partial charge in [0, 0.05) is 22.3 Å². The molecule has 0 amide bonds. The summed E-state index contributed by atoms with van der Waals surface area (Å²) in [4.78, 5) is 2.52. The van der Waals surface area contributed by atoms with Crippen molar-refractivity contribution in [3.8, 4) is 0 Å². The van der Waals surface area contributed by atoms with Gasteiger partial charge in [-0.3, -0.25) is 0 Å². The molecule has 1 aromatic rings. The Morgan fingerprint density at radius 1 is 1.35 bits per heavy atom. The lowest BCUT2D eigenvalue weighted by Crippen LogP contribution is -2.26. The Balaban J connectivity index is 2.20. The molecule has 94 valence electrons. The summed E-state index contributed by atoms with van der Waals surface area (Å²) >= 11 is 2.39. The number of hydrogen-bond acceptors (Lipinski definition) is 2. The van der Waals surface area contributed by atoms with Crippen molar-refractivity contribution >= 4 is 34.0 Å². The van der Waals surface area contributed by atoms with Crippen LogP contribution in [0.25, 0.3) is 0 Å². The first-order valence-electron chi connectivity index (χ1n) is 6.40. The molecule has 1 aliphatic rings. The summed E-state index contributed by atoms with van der Waals surface area (Å²) in [5.41, 5.74) is 8.55. The predicted octanol–water partition coefficient (Wildman–Crippen LogP) is 3.89. The zero-order chi connectivity index (χ0) is 12.5. The molecule has 0 bridgehead atoms. The topological polar surface area (TPSA) is 29.3 Å². The SMILES string of the molecule is CCC1(CC)CCN(c2ccc(N)cc2I)C1. The van der Waals surface area contributed by atoms with Crippen molar-refractivity contribution in [2.45, 2.75) is 33.1 Å². The van der Waals surface area contributed by atoms with Crippen LogP contribution in [-0.4, -0.2) is 13.1 Å². The van der Waals surface area contributed by atoms with Gasteiger partial charge in [-0.1, -0.05) is 13.8 Å². The lowest BCUT2D eigenvalue weighted by atomic mass is 9.82. The van der Waals surface area contributed by atoms with Crippen molar-refractivity contribution in [3.63, 3.8) is 0 Å². The lowest BCUT2D eigenvalue weighted by molar-refractivity contribution is 0.301. The van der Waals surface area contributed by atoms with E-state index >= 15 is 0 Å². The zero-order valence-electron chi connectivity index (χ0n) is 10.7. The minimum atomic E-state index is 0.532. The highest BCUT2D eigenvalue weighted by Gasteiger charge is 2.35. The summed E-state index contributed by atoms with van der Waals surface area (Å²) in [6.45, 7) is 7.02. The molecule has 1 aliphatic heterocycles. The second-order valence-corrected chi connectivity index (χ2v) is 6.25. The first-order valence-corrected chi connectivity index (χ1v) is 7.48. The molecule has 2 nitrogen and oxygen atoms in total. The number of benzene rings is 1. The molecule has 3 heteroatoms. The molecule has 0 spiro atoms. The number of halogens is 1. The fourth-order valence-corrected chi connectivity index (χ4v) is 3.63. The highest BCUT2D eigenvalue weighted by Crippen LogP contribution is 2.40. The fourth-order valence-electron chi connectivity index (χ4n) is 2.75. The van der Waals surface area contributed by atoms with Crippen molar-refractivity contribution in [1.82, 2.24) is 0 Å². The van der Waals surface area contributed by atoms with E-state index in [1.165, 1.54) is 41.6 Å². The Labute approximate surface area is 118 Å². The molecule has 0 unspecified atom stereocenters. The molecule has 0 atom stereocenters. The van der Waals surface area contributed by atoms with Gasteiger partial charge >= 0.3 is 0 Å². The highest BCUT2D eigenvalue weighted by molar-refractivity contribution is 14.1. The summed E-state index contributed by atoms with van der Waals surface area (Å²) in [5.74, 6) is 0. The van der Waals surface area contributed by atoms with Gasteiger partial charge in [0.15, 0.2) is 0 Å². The average molecular weight is 344 g/mol. The Morgan fingerprint density at radius 3 is 2.59 bits per heavy atom. The van der Waals surface area contributed by atoms with Crippen LogP contribution >= 0.6 is 22.6 Å². The molecule has 2 rings (SSSR count). The maximum Gasteiger partial charge on any atom is 0.0503 e. The highest BCUT2D eigenvalue weighted by atomic mass is 127. The van der Waals surface area contributed by atoms with Gasteiger partial charge in [-0.2, -0.15) is 0 Å². The van der Waals surface area contributed by atoms with Crippen molar-refractivity contribution < 1.29 is 0 Å². The van der Waals surface area contributed by atoms with Crippen LogP contribution in [0.1, 0.15) is 33.1 Å². The van der Waals surface area contributed by atoms with Crippen LogP contribution in [0.2, 0.25) is 0 Å². The molecule has 0 radical (unpaired) electrons. The van der Waals surface area contributed by atoms with Crippen LogP contribution in [-0.2, 0) is 0 Å². The van der Waals surface area contributed by atoms with Crippen LogP contribution < -0.4 is 10.6 Å². The van der Waals surface area contributed by atoms with Gasteiger partial charge in [0.2, 0.25) is 0 Å². The molecule has 0 saturated carbocycles. The summed E-state index contributed by atoms with van der Waals surface area (Å²) in [5, 5.41) is 0. The quantitative estimate of drug-likeness (QED) is 0.666. The van der Waals surface area contributed by atoms with E-state index in [1.54, 1.807) is 0 Å². The van der Waals surface area contributed by atoms with Crippen molar-refractivity contribution in [1.29, 1.82) is 0 Å². The van der Waals surface area contributed by atoms with Crippen molar-refractivity contribution in [2.75, 3.05) is 23.7 Å². The third kappa shape index (κ3) is 2.54. The van der Waals surface area contributed by atoms with Crippen LogP contribution in [0.5, 0.6) is 0 Å². The molecular weight excluding hydrogens is 323 g/mol. The predicted molar refractivity (Wildman–Crippen MR) is 83.4 cm³/mol. The van der Waals surface area contributed by atoms with E-state index < -0.39 is 0 Å². The first kappa shape index (κ1) is 13.0.